The molecule has 3 rings (SSSR count). The fraction of sp³-hybridized carbons (Fsp3) is 0.0588. The minimum absolute atomic E-state index is 0.0797. The summed E-state index contributed by atoms with van der Waals surface area (Å²) < 4.78 is 5.21. The van der Waals surface area contributed by atoms with E-state index in [1.807, 2.05) is 24.3 Å². The minimum Gasteiger partial charge on any atom is -0.496 e. The lowest BCUT2D eigenvalue weighted by atomic mass is 10.1. The van der Waals surface area contributed by atoms with E-state index in [0.717, 1.165) is 11.0 Å². The van der Waals surface area contributed by atoms with Gasteiger partial charge in [-0.15, -0.1) is 0 Å². The van der Waals surface area contributed by atoms with Crippen LogP contribution < -0.4 is 4.74 Å². The zero-order chi connectivity index (χ0) is 17.1. The van der Waals surface area contributed by atoms with Crippen molar-refractivity contribution in [3.8, 4) is 11.8 Å². The number of nitro benzene ring substituents is 1. The molecule has 0 aliphatic rings. The van der Waals surface area contributed by atoms with E-state index < -0.39 is 4.92 Å². The first kappa shape index (κ1) is 15.2. The molecule has 2 aromatic carbocycles. The van der Waals surface area contributed by atoms with Gasteiger partial charge in [-0.05, 0) is 24.3 Å². The van der Waals surface area contributed by atoms with Crippen molar-refractivity contribution < 1.29 is 9.66 Å². The molecule has 7 heteroatoms. The van der Waals surface area contributed by atoms with Gasteiger partial charge >= 0.3 is 0 Å². The molecule has 0 saturated carbocycles. The molecular weight excluding hydrogens is 308 g/mol. The molecule has 0 bridgehead atoms. The van der Waals surface area contributed by atoms with Gasteiger partial charge in [0.2, 0.25) is 0 Å². The summed E-state index contributed by atoms with van der Waals surface area (Å²) in [5.74, 6) is 0.830. The van der Waals surface area contributed by atoms with Gasteiger partial charge in [-0.3, -0.25) is 10.1 Å². The Morgan fingerprint density at radius 3 is 2.83 bits per heavy atom. The zero-order valence-corrected chi connectivity index (χ0v) is 12.7. The highest BCUT2D eigenvalue weighted by Crippen LogP contribution is 2.28. The van der Waals surface area contributed by atoms with Gasteiger partial charge in [0.15, 0.2) is 0 Å². The number of para-hydroxylation sites is 2. The predicted octanol–water partition coefficient (Wildman–Crippen LogP) is 3.54. The number of imidazole rings is 1. The van der Waals surface area contributed by atoms with Crippen LogP contribution in [-0.4, -0.2) is 22.0 Å². The van der Waals surface area contributed by atoms with E-state index in [0.29, 0.717) is 17.1 Å². The number of hydrogen-bond acceptors (Lipinski definition) is 5. The van der Waals surface area contributed by atoms with Gasteiger partial charge in [0.25, 0.3) is 5.69 Å². The average molecular weight is 320 g/mol. The zero-order valence-electron chi connectivity index (χ0n) is 12.7. The molecule has 0 aliphatic carbocycles. The van der Waals surface area contributed by atoms with Crippen molar-refractivity contribution >= 4 is 28.4 Å². The number of allylic oxidation sites excluding steroid dienone is 1. The highest BCUT2D eigenvalue weighted by molar-refractivity contribution is 5.91. The summed E-state index contributed by atoms with van der Waals surface area (Å²) in [5.41, 5.74) is 2.15. The van der Waals surface area contributed by atoms with E-state index in [4.69, 9.17) is 4.74 Å². The second-order valence-corrected chi connectivity index (χ2v) is 4.96. The van der Waals surface area contributed by atoms with Crippen LogP contribution in [0.3, 0.4) is 0 Å². The van der Waals surface area contributed by atoms with Crippen LogP contribution in [-0.2, 0) is 0 Å². The van der Waals surface area contributed by atoms with Crippen molar-refractivity contribution in [1.29, 1.82) is 5.26 Å². The van der Waals surface area contributed by atoms with Gasteiger partial charge in [0.05, 0.1) is 28.6 Å². The molecule has 0 saturated heterocycles. The summed E-state index contributed by atoms with van der Waals surface area (Å²) in [6.07, 6.45) is 1.52. The monoisotopic (exact) mass is 320 g/mol. The number of aromatic amines is 1. The third-order valence-corrected chi connectivity index (χ3v) is 3.49. The number of non-ortho nitro benzene ring substituents is 1. The highest BCUT2D eigenvalue weighted by atomic mass is 16.6. The number of ether oxygens (including phenoxy) is 1. The van der Waals surface area contributed by atoms with Gasteiger partial charge in [-0.2, -0.15) is 5.26 Å². The van der Waals surface area contributed by atoms with Crippen LogP contribution in [0.4, 0.5) is 5.69 Å². The number of aromatic nitrogens is 2. The summed E-state index contributed by atoms with van der Waals surface area (Å²) in [7, 11) is 1.46. The molecule has 0 amide bonds. The third kappa shape index (κ3) is 2.80. The molecule has 1 N–H and O–H groups in total. The Bertz CT molecular complexity index is 965. The van der Waals surface area contributed by atoms with E-state index >= 15 is 0 Å². The lowest BCUT2D eigenvalue weighted by Crippen LogP contribution is -1.93. The fourth-order valence-electron chi connectivity index (χ4n) is 2.34. The van der Waals surface area contributed by atoms with Gasteiger partial charge < -0.3 is 9.72 Å². The van der Waals surface area contributed by atoms with Crippen molar-refractivity contribution in [3.05, 3.63) is 64.0 Å². The van der Waals surface area contributed by atoms with Gasteiger partial charge in [0.1, 0.15) is 17.6 Å². The van der Waals surface area contributed by atoms with Gasteiger partial charge in [-0.25, -0.2) is 4.98 Å². The number of rotatable bonds is 4. The number of methoxy groups -OCH3 is 1. The van der Waals surface area contributed by atoms with Crippen LogP contribution in [0.1, 0.15) is 11.4 Å². The van der Waals surface area contributed by atoms with E-state index in [1.165, 1.54) is 31.4 Å². The topological polar surface area (TPSA) is 105 Å². The molecule has 118 valence electrons. The number of nitrogens with one attached hydrogen (secondary N) is 1. The number of hydrogen-bond donors (Lipinski definition) is 1. The number of nitriles is 1. The average Bonchev–Trinajstić information content (AvgIpc) is 3.03. The first-order chi connectivity index (χ1) is 11.6. The lowest BCUT2D eigenvalue weighted by molar-refractivity contribution is -0.384. The van der Waals surface area contributed by atoms with Crippen LogP contribution in [0.5, 0.6) is 5.75 Å². The van der Waals surface area contributed by atoms with E-state index in [1.54, 1.807) is 0 Å². The molecule has 1 aromatic heterocycles. The summed E-state index contributed by atoms with van der Waals surface area (Å²) in [4.78, 5) is 17.9. The molecule has 0 spiro atoms. The first-order valence-electron chi connectivity index (χ1n) is 7.01. The second-order valence-electron chi connectivity index (χ2n) is 4.96. The van der Waals surface area contributed by atoms with Crippen LogP contribution >= 0.6 is 0 Å². The molecule has 0 aliphatic heterocycles. The number of fused-ring (bicyclic) bond motifs is 1. The molecule has 0 unspecified atom stereocenters. The molecule has 0 atom stereocenters. The summed E-state index contributed by atoms with van der Waals surface area (Å²) >= 11 is 0. The van der Waals surface area contributed by atoms with Crippen molar-refractivity contribution in [1.82, 2.24) is 9.97 Å². The maximum absolute atomic E-state index is 11.0. The Morgan fingerprint density at radius 2 is 2.17 bits per heavy atom. The second kappa shape index (κ2) is 6.22. The fourth-order valence-corrected chi connectivity index (χ4v) is 2.34. The standard InChI is InChI=1S/C17H12N4O3/c1-24-16-7-6-13(21(22)23)9-11(16)8-12(10-18)17-19-14-4-2-3-5-15(14)20-17/h2-9H,1H3,(H,19,20)/b12-8-. The quantitative estimate of drug-likeness (QED) is 0.449. The summed E-state index contributed by atoms with van der Waals surface area (Å²) in [5, 5.41) is 20.4. The van der Waals surface area contributed by atoms with Crippen LogP contribution in [0.2, 0.25) is 0 Å². The maximum atomic E-state index is 11.0. The Morgan fingerprint density at radius 1 is 1.38 bits per heavy atom. The lowest BCUT2D eigenvalue weighted by Gasteiger charge is -2.04. The van der Waals surface area contributed by atoms with Crippen molar-refractivity contribution in [2.24, 2.45) is 0 Å². The molecule has 24 heavy (non-hydrogen) atoms. The molecular formula is C17H12N4O3. The van der Waals surface area contributed by atoms with Crippen molar-refractivity contribution in [3.63, 3.8) is 0 Å². The third-order valence-electron chi connectivity index (χ3n) is 3.49. The highest BCUT2D eigenvalue weighted by Gasteiger charge is 2.13. The number of H-pyrrole nitrogens is 1. The Hall–Kier alpha value is -3.66. The van der Waals surface area contributed by atoms with Gasteiger partial charge in [-0.1, -0.05) is 12.1 Å². The Labute approximate surface area is 137 Å². The Kier molecular flexibility index (Phi) is 3.95. The normalized spacial score (nSPS) is 11.2. The largest absolute Gasteiger partial charge is 0.496 e. The number of nitrogens with zero attached hydrogens (tertiary/aromatic N) is 3. The number of benzene rings is 2. The van der Waals surface area contributed by atoms with E-state index in [2.05, 4.69) is 16.0 Å². The van der Waals surface area contributed by atoms with Crippen molar-refractivity contribution in [2.45, 2.75) is 0 Å². The SMILES string of the molecule is COc1ccc([N+](=O)[O-])cc1/C=C(/C#N)c1nc2ccccc2[nH]1. The molecule has 0 radical (unpaired) electrons. The smallest absolute Gasteiger partial charge is 0.270 e. The number of nitro groups is 1. The molecule has 7 nitrogen and oxygen atoms in total. The summed E-state index contributed by atoms with van der Waals surface area (Å²) in [6.45, 7) is 0. The van der Waals surface area contributed by atoms with Crippen LogP contribution in [0, 0.1) is 21.4 Å². The summed E-state index contributed by atoms with van der Waals surface area (Å²) in [6, 6.07) is 13.7. The first-order valence-corrected chi connectivity index (χ1v) is 7.01. The van der Waals surface area contributed by atoms with Crippen LogP contribution in [0.15, 0.2) is 42.5 Å². The van der Waals surface area contributed by atoms with Crippen molar-refractivity contribution in [2.75, 3.05) is 7.11 Å². The van der Waals surface area contributed by atoms with Gasteiger partial charge in [0, 0.05) is 17.7 Å². The minimum atomic E-state index is -0.496. The van der Waals surface area contributed by atoms with Crippen LogP contribution in [0.25, 0.3) is 22.7 Å². The maximum Gasteiger partial charge on any atom is 0.270 e. The molecule has 0 fully saturated rings. The molecule has 1 heterocycles. The molecule has 3 aromatic rings. The van der Waals surface area contributed by atoms with E-state index in [9.17, 15) is 15.4 Å². The predicted molar refractivity (Wildman–Crippen MR) is 89.2 cm³/mol. The Balaban J connectivity index is 2.12. The van der Waals surface area contributed by atoms with E-state index in [-0.39, 0.29) is 11.3 Å².